The summed E-state index contributed by atoms with van der Waals surface area (Å²) in [7, 11) is 0. The van der Waals surface area contributed by atoms with Gasteiger partial charge in [0, 0.05) is 42.8 Å². The molecule has 7 heteroatoms. The summed E-state index contributed by atoms with van der Waals surface area (Å²) in [6.07, 6.45) is 0.279. The number of carbonyl (C=O) groups excluding carboxylic acids is 2. The van der Waals surface area contributed by atoms with Gasteiger partial charge >= 0.3 is 12.1 Å². The van der Waals surface area contributed by atoms with Crippen LogP contribution in [0.2, 0.25) is 0 Å². The first kappa shape index (κ1) is 17.3. The summed E-state index contributed by atoms with van der Waals surface area (Å²) < 4.78 is 5.36. The minimum Gasteiger partial charge on any atom is -0.478 e. The van der Waals surface area contributed by atoms with E-state index < -0.39 is 11.6 Å². The summed E-state index contributed by atoms with van der Waals surface area (Å²) in [6.45, 7) is 8.40. The van der Waals surface area contributed by atoms with E-state index in [9.17, 15) is 14.4 Å². The van der Waals surface area contributed by atoms with Crippen LogP contribution < -0.4 is 4.90 Å². The molecule has 0 saturated carbocycles. The number of anilines is 1. The molecule has 1 amide bonds. The molecule has 1 spiro atoms. The Hall–Kier alpha value is -2.57. The van der Waals surface area contributed by atoms with Crippen molar-refractivity contribution in [2.75, 3.05) is 31.1 Å². The number of hydrogen-bond donors (Lipinski definition) is 1. The fourth-order valence-electron chi connectivity index (χ4n) is 3.40. The summed E-state index contributed by atoms with van der Waals surface area (Å²) in [6, 6.07) is 4.78. The minimum atomic E-state index is -1.11. The van der Waals surface area contributed by atoms with Crippen molar-refractivity contribution in [3.63, 3.8) is 0 Å². The van der Waals surface area contributed by atoms with Gasteiger partial charge in [-0.3, -0.25) is 4.79 Å². The van der Waals surface area contributed by atoms with E-state index in [1.54, 1.807) is 17.0 Å². The van der Waals surface area contributed by atoms with Crippen LogP contribution in [0, 0.1) is 5.41 Å². The van der Waals surface area contributed by atoms with Crippen molar-refractivity contribution in [1.82, 2.24) is 4.90 Å². The summed E-state index contributed by atoms with van der Waals surface area (Å²) in [5, 5.41) is 9.07. The third kappa shape index (κ3) is 3.31. The Morgan fingerprint density at radius 1 is 1.20 bits per heavy atom. The monoisotopic (exact) mass is 346 g/mol. The summed E-state index contributed by atoms with van der Waals surface area (Å²) in [5.74, 6) is -1.11. The van der Waals surface area contributed by atoms with E-state index in [1.165, 1.54) is 6.07 Å². The fraction of sp³-hybridized carbons (Fsp3) is 0.500. The lowest BCUT2D eigenvalue weighted by Gasteiger charge is -2.60. The lowest BCUT2D eigenvalue weighted by molar-refractivity contribution is -0.0453. The normalized spacial score (nSPS) is 18.4. The van der Waals surface area contributed by atoms with Crippen LogP contribution >= 0.6 is 0 Å². The highest BCUT2D eigenvalue weighted by Crippen LogP contribution is 2.42. The predicted molar refractivity (Wildman–Crippen MR) is 91.2 cm³/mol. The van der Waals surface area contributed by atoms with Crippen LogP contribution in [-0.2, 0) is 4.74 Å². The minimum absolute atomic E-state index is 0.00808. The molecule has 2 heterocycles. The topological polar surface area (TPSA) is 87.2 Å². The second kappa shape index (κ2) is 5.75. The maximum absolute atomic E-state index is 12.0. The third-order valence-electron chi connectivity index (χ3n) is 4.51. The van der Waals surface area contributed by atoms with Crippen molar-refractivity contribution in [3.8, 4) is 0 Å². The Labute approximate surface area is 146 Å². The van der Waals surface area contributed by atoms with Crippen molar-refractivity contribution in [2.45, 2.75) is 26.4 Å². The van der Waals surface area contributed by atoms with Gasteiger partial charge in [-0.2, -0.15) is 0 Å². The molecule has 2 saturated heterocycles. The second-order valence-corrected chi connectivity index (χ2v) is 7.89. The Bertz CT molecular complexity index is 723. The summed E-state index contributed by atoms with van der Waals surface area (Å²) >= 11 is 0. The number of ether oxygens (including phenoxy) is 1. The van der Waals surface area contributed by atoms with Gasteiger partial charge in [0.2, 0.25) is 0 Å². The molecule has 0 aromatic heterocycles. The van der Waals surface area contributed by atoms with Crippen LogP contribution in [0.3, 0.4) is 0 Å². The second-order valence-electron chi connectivity index (χ2n) is 7.89. The number of carboxylic acid groups (broad SMARTS) is 1. The molecule has 0 radical (unpaired) electrons. The van der Waals surface area contributed by atoms with Crippen molar-refractivity contribution in [1.29, 1.82) is 0 Å². The van der Waals surface area contributed by atoms with E-state index in [0.717, 1.165) is 18.8 Å². The van der Waals surface area contributed by atoms with Gasteiger partial charge in [-0.05, 0) is 39.0 Å². The molecule has 3 rings (SSSR count). The zero-order valence-corrected chi connectivity index (χ0v) is 14.6. The van der Waals surface area contributed by atoms with Crippen LogP contribution in [0.25, 0.3) is 0 Å². The SMILES string of the molecule is CC(C)(C)OC(=O)N1CC2(C1)CN(c1ccc(C(=O)O)c(C=O)c1)C2. The summed E-state index contributed by atoms with van der Waals surface area (Å²) in [5.41, 5.74) is 0.587. The first-order valence-corrected chi connectivity index (χ1v) is 8.18. The molecule has 0 unspecified atom stereocenters. The third-order valence-corrected chi connectivity index (χ3v) is 4.51. The average Bonchev–Trinajstić information content (AvgIpc) is 2.41. The molecular formula is C18H22N2O5. The number of benzene rings is 1. The quantitative estimate of drug-likeness (QED) is 0.845. The number of carboxylic acids is 1. The first-order chi connectivity index (χ1) is 11.6. The molecule has 2 aliphatic heterocycles. The Morgan fingerprint density at radius 3 is 2.36 bits per heavy atom. The van der Waals surface area contributed by atoms with E-state index in [1.807, 2.05) is 20.8 Å². The molecule has 134 valence electrons. The van der Waals surface area contributed by atoms with Gasteiger partial charge in [0.25, 0.3) is 0 Å². The van der Waals surface area contributed by atoms with Crippen LogP contribution in [0.15, 0.2) is 18.2 Å². The van der Waals surface area contributed by atoms with E-state index >= 15 is 0 Å². The van der Waals surface area contributed by atoms with Crippen molar-refractivity contribution < 1.29 is 24.2 Å². The molecule has 0 bridgehead atoms. The number of rotatable bonds is 3. The van der Waals surface area contributed by atoms with Crippen LogP contribution in [0.1, 0.15) is 41.5 Å². The molecule has 0 atom stereocenters. The van der Waals surface area contributed by atoms with E-state index in [2.05, 4.69) is 4.90 Å². The highest BCUT2D eigenvalue weighted by Gasteiger charge is 2.54. The molecule has 7 nitrogen and oxygen atoms in total. The number of likely N-dealkylation sites (tertiary alicyclic amines) is 1. The molecule has 0 aliphatic carbocycles. The summed E-state index contributed by atoms with van der Waals surface area (Å²) in [4.78, 5) is 38.0. The van der Waals surface area contributed by atoms with Gasteiger partial charge in [-0.1, -0.05) is 0 Å². The number of hydrogen-bond acceptors (Lipinski definition) is 5. The maximum Gasteiger partial charge on any atom is 0.410 e. The van der Waals surface area contributed by atoms with Gasteiger partial charge in [0.15, 0.2) is 6.29 Å². The maximum atomic E-state index is 12.0. The van der Waals surface area contributed by atoms with Crippen molar-refractivity contribution >= 4 is 24.0 Å². The number of nitrogens with zero attached hydrogens (tertiary/aromatic N) is 2. The standard InChI is InChI=1S/C18H22N2O5/c1-17(2,3)25-16(24)20-10-18(11-20)8-19(9-18)13-4-5-14(15(22)23)12(6-13)7-21/h4-7H,8-11H2,1-3H3,(H,22,23). The number of amides is 1. The lowest BCUT2D eigenvalue weighted by Crippen LogP contribution is -2.73. The highest BCUT2D eigenvalue weighted by atomic mass is 16.6. The largest absolute Gasteiger partial charge is 0.478 e. The Morgan fingerprint density at radius 2 is 1.84 bits per heavy atom. The van der Waals surface area contributed by atoms with Crippen LogP contribution in [0.5, 0.6) is 0 Å². The smallest absolute Gasteiger partial charge is 0.410 e. The van der Waals surface area contributed by atoms with E-state index in [4.69, 9.17) is 9.84 Å². The Kier molecular flexibility index (Phi) is 3.97. The fourth-order valence-corrected chi connectivity index (χ4v) is 3.40. The molecule has 1 aromatic carbocycles. The first-order valence-electron chi connectivity index (χ1n) is 8.18. The van der Waals surface area contributed by atoms with Gasteiger partial charge < -0.3 is 19.6 Å². The number of aromatic carboxylic acids is 1. The van der Waals surface area contributed by atoms with Gasteiger partial charge in [-0.25, -0.2) is 9.59 Å². The molecule has 1 N–H and O–H groups in total. The van der Waals surface area contributed by atoms with Gasteiger partial charge in [0.1, 0.15) is 5.60 Å². The van der Waals surface area contributed by atoms with Crippen molar-refractivity contribution in [2.24, 2.45) is 5.41 Å². The van der Waals surface area contributed by atoms with Crippen LogP contribution in [-0.4, -0.2) is 60.1 Å². The lowest BCUT2D eigenvalue weighted by atomic mass is 9.72. The van der Waals surface area contributed by atoms with Crippen molar-refractivity contribution in [3.05, 3.63) is 29.3 Å². The number of aldehydes is 1. The number of carbonyl (C=O) groups is 3. The van der Waals surface area contributed by atoms with Gasteiger partial charge in [-0.15, -0.1) is 0 Å². The van der Waals surface area contributed by atoms with Gasteiger partial charge in [0.05, 0.1) is 5.56 Å². The molecule has 2 aliphatic rings. The zero-order valence-electron chi connectivity index (χ0n) is 14.6. The molecule has 2 fully saturated rings. The van der Waals surface area contributed by atoms with Crippen LogP contribution in [0.4, 0.5) is 10.5 Å². The highest BCUT2D eigenvalue weighted by molar-refractivity contribution is 5.98. The molecular weight excluding hydrogens is 324 g/mol. The molecule has 25 heavy (non-hydrogen) atoms. The molecule has 1 aromatic rings. The van der Waals surface area contributed by atoms with E-state index in [-0.39, 0.29) is 22.6 Å². The zero-order chi connectivity index (χ0) is 18.4. The average molecular weight is 346 g/mol. The Balaban J connectivity index is 1.58. The predicted octanol–water partition coefficient (Wildman–Crippen LogP) is 2.25. The van der Waals surface area contributed by atoms with E-state index in [0.29, 0.717) is 19.4 Å².